The first-order chi connectivity index (χ1) is 17.2. The number of H-pyrrole nitrogens is 1. The van der Waals surface area contributed by atoms with Crippen LogP contribution in [0.5, 0.6) is 0 Å². The van der Waals surface area contributed by atoms with Crippen molar-refractivity contribution >= 4 is 39.8 Å². The number of aryl methyl sites for hydroxylation is 1. The number of imidazole rings is 1. The van der Waals surface area contributed by atoms with Crippen LogP contribution in [0.4, 0.5) is 10.8 Å². The number of aromatic nitrogens is 6. The standard InChI is InChI=1S/C25H26N8S2/c1-17-15-33-21(18-12-27-28-13-18)14-26-25(33)24(29-17)30-23-11-20(31-35-23)22(32-9-5-6-10-32)16-34-19-7-3-2-4-8-19/h2-4,7-8,11-15,22H,5-6,9-10,16H2,1H3,(H,27,28)(H,29,30). The fourth-order valence-corrected chi connectivity index (χ4v) is 6.32. The molecule has 1 atom stereocenters. The van der Waals surface area contributed by atoms with Crippen molar-refractivity contribution < 1.29 is 0 Å². The highest BCUT2D eigenvalue weighted by Gasteiger charge is 2.26. The zero-order valence-electron chi connectivity index (χ0n) is 19.4. The smallest absolute Gasteiger partial charge is 0.180 e. The second kappa shape index (κ2) is 9.80. The molecule has 8 nitrogen and oxygen atoms in total. The number of hydrogen-bond donors (Lipinski definition) is 2. The van der Waals surface area contributed by atoms with Crippen LogP contribution in [-0.2, 0) is 0 Å². The summed E-state index contributed by atoms with van der Waals surface area (Å²) in [7, 11) is 0. The summed E-state index contributed by atoms with van der Waals surface area (Å²) in [5, 5.41) is 11.4. The number of aromatic amines is 1. The zero-order chi connectivity index (χ0) is 23.6. The van der Waals surface area contributed by atoms with Crippen molar-refractivity contribution in [2.45, 2.75) is 30.7 Å². The van der Waals surface area contributed by atoms with Gasteiger partial charge in [-0.15, -0.1) is 11.8 Å². The molecule has 10 heteroatoms. The van der Waals surface area contributed by atoms with E-state index in [1.165, 1.54) is 29.3 Å². The average molecular weight is 503 g/mol. The second-order valence-corrected chi connectivity index (χ2v) is 10.6. The maximum absolute atomic E-state index is 4.87. The van der Waals surface area contributed by atoms with Gasteiger partial charge in [-0.25, -0.2) is 9.97 Å². The van der Waals surface area contributed by atoms with E-state index in [1.807, 2.05) is 37.3 Å². The normalized spacial score (nSPS) is 15.1. The van der Waals surface area contributed by atoms with Gasteiger partial charge in [0.15, 0.2) is 11.5 Å². The Balaban J connectivity index is 1.26. The Morgan fingerprint density at radius 1 is 1.17 bits per heavy atom. The molecule has 0 saturated carbocycles. The van der Waals surface area contributed by atoms with Gasteiger partial charge in [0.1, 0.15) is 5.00 Å². The molecule has 0 radical (unpaired) electrons. The van der Waals surface area contributed by atoms with E-state index in [-0.39, 0.29) is 0 Å². The number of anilines is 2. The molecule has 1 aliphatic rings. The molecule has 0 amide bonds. The molecule has 0 aliphatic carbocycles. The first-order valence-electron chi connectivity index (χ1n) is 11.7. The van der Waals surface area contributed by atoms with Crippen molar-refractivity contribution in [3.63, 3.8) is 0 Å². The topological polar surface area (TPSA) is 87.0 Å². The first-order valence-corrected chi connectivity index (χ1v) is 13.5. The number of benzene rings is 1. The molecule has 1 aliphatic heterocycles. The number of hydrogen-bond acceptors (Lipinski definition) is 8. The highest BCUT2D eigenvalue weighted by atomic mass is 32.2. The summed E-state index contributed by atoms with van der Waals surface area (Å²) in [4.78, 5) is 13.3. The van der Waals surface area contributed by atoms with Gasteiger partial charge in [-0.3, -0.25) is 14.4 Å². The number of nitrogens with one attached hydrogen (secondary N) is 2. The lowest BCUT2D eigenvalue weighted by Crippen LogP contribution is -2.27. The largest absolute Gasteiger partial charge is 0.328 e. The number of nitrogens with zero attached hydrogens (tertiary/aromatic N) is 6. The Morgan fingerprint density at radius 3 is 2.83 bits per heavy atom. The van der Waals surface area contributed by atoms with Gasteiger partial charge in [-0.05, 0) is 62.6 Å². The monoisotopic (exact) mass is 502 g/mol. The van der Waals surface area contributed by atoms with Crippen molar-refractivity contribution in [1.82, 2.24) is 33.8 Å². The summed E-state index contributed by atoms with van der Waals surface area (Å²) < 4.78 is 6.93. The predicted octanol–water partition coefficient (Wildman–Crippen LogP) is 5.56. The predicted molar refractivity (Wildman–Crippen MR) is 141 cm³/mol. The molecule has 5 heterocycles. The van der Waals surface area contributed by atoms with Crippen molar-refractivity contribution in [2.75, 3.05) is 24.2 Å². The third-order valence-electron chi connectivity index (χ3n) is 6.25. The van der Waals surface area contributed by atoms with Crippen molar-refractivity contribution in [2.24, 2.45) is 0 Å². The van der Waals surface area contributed by atoms with E-state index >= 15 is 0 Å². The lowest BCUT2D eigenvalue weighted by Gasteiger charge is -2.25. The third kappa shape index (κ3) is 4.69. The van der Waals surface area contributed by atoms with Gasteiger partial charge in [-0.1, -0.05) is 18.2 Å². The van der Waals surface area contributed by atoms with Crippen LogP contribution >= 0.6 is 23.3 Å². The summed E-state index contributed by atoms with van der Waals surface area (Å²) >= 11 is 3.38. The molecule has 6 rings (SSSR count). The van der Waals surface area contributed by atoms with Gasteiger partial charge in [0.05, 0.1) is 35.5 Å². The highest BCUT2D eigenvalue weighted by molar-refractivity contribution is 7.99. The summed E-state index contributed by atoms with van der Waals surface area (Å²) in [5.74, 6) is 1.71. The van der Waals surface area contributed by atoms with E-state index in [9.17, 15) is 0 Å². The summed E-state index contributed by atoms with van der Waals surface area (Å²) in [6.07, 6.45) is 10.0. The van der Waals surface area contributed by atoms with Crippen LogP contribution in [0, 0.1) is 6.92 Å². The van der Waals surface area contributed by atoms with Crippen molar-refractivity contribution in [3.05, 3.63) is 72.6 Å². The zero-order valence-corrected chi connectivity index (χ0v) is 21.0. The molecule has 4 aromatic heterocycles. The van der Waals surface area contributed by atoms with Gasteiger partial charge in [-0.2, -0.15) is 9.47 Å². The van der Waals surface area contributed by atoms with E-state index in [0.29, 0.717) is 6.04 Å². The number of thioether (sulfide) groups is 1. The van der Waals surface area contributed by atoms with E-state index < -0.39 is 0 Å². The van der Waals surface area contributed by atoms with Gasteiger partial charge >= 0.3 is 0 Å². The number of rotatable bonds is 8. The Kier molecular flexibility index (Phi) is 6.24. The van der Waals surface area contributed by atoms with Crippen LogP contribution in [0.3, 0.4) is 0 Å². The van der Waals surface area contributed by atoms with Gasteiger partial charge in [0.2, 0.25) is 0 Å². The molecule has 1 fully saturated rings. The van der Waals surface area contributed by atoms with Crippen molar-refractivity contribution in [1.29, 1.82) is 0 Å². The quantitative estimate of drug-likeness (QED) is 0.269. The fraction of sp³-hybridized carbons (Fsp3) is 0.280. The highest BCUT2D eigenvalue weighted by Crippen LogP contribution is 2.34. The fourth-order valence-electron chi connectivity index (χ4n) is 4.54. The summed E-state index contributed by atoms with van der Waals surface area (Å²) in [6, 6.07) is 13.1. The molecule has 5 aromatic rings. The lowest BCUT2D eigenvalue weighted by molar-refractivity contribution is 0.264. The maximum atomic E-state index is 4.87. The molecule has 2 N–H and O–H groups in total. The van der Waals surface area contributed by atoms with Crippen LogP contribution in [0.25, 0.3) is 16.9 Å². The van der Waals surface area contributed by atoms with Crippen LogP contribution in [0.15, 0.2) is 66.1 Å². The molecule has 1 unspecified atom stereocenters. The van der Waals surface area contributed by atoms with E-state index in [4.69, 9.17) is 9.36 Å². The Hall–Kier alpha value is -3.21. The molecule has 0 bridgehead atoms. The van der Waals surface area contributed by atoms with E-state index in [1.54, 1.807) is 6.20 Å². The van der Waals surface area contributed by atoms with Crippen molar-refractivity contribution in [3.8, 4) is 11.3 Å². The van der Waals surface area contributed by atoms with Gasteiger partial charge in [0, 0.05) is 28.6 Å². The molecule has 1 aromatic carbocycles. The maximum Gasteiger partial charge on any atom is 0.180 e. The van der Waals surface area contributed by atoms with Gasteiger partial charge in [0.25, 0.3) is 0 Å². The molecule has 178 valence electrons. The SMILES string of the molecule is Cc1cn2c(-c3cn[nH]c3)cnc2c(Nc2cc(C(CSc3ccccc3)N3CCCC3)ns2)n1. The number of fused-ring (bicyclic) bond motifs is 1. The molecule has 1 saturated heterocycles. The van der Waals surface area contributed by atoms with E-state index in [0.717, 1.165) is 58.0 Å². The molecular formula is C25H26N8S2. The van der Waals surface area contributed by atoms with Crippen LogP contribution < -0.4 is 5.32 Å². The van der Waals surface area contributed by atoms with Crippen LogP contribution in [-0.4, -0.2) is 52.7 Å². The summed E-state index contributed by atoms with van der Waals surface area (Å²) in [6.45, 7) is 4.25. The average Bonchev–Trinajstić information content (AvgIpc) is 3.67. The summed E-state index contributed by atoms with van der Waals surface area (Å²) in [5.41, 5.74) is 4.76. The second-order valence-electron chi connectivity index (χ2n) is 8.68. The minimum atomic E-state index is 0.291. The Labute approximate surface area is 212 Å². The Bertz CT molecular complexity index is 1400. The third-order valence-corrected chi connectivity index (χ3v) is 8.06. The van der Waals surface area contributed by atoms with Crippen LogP contribution in [0.1, 0.15) is 30.3 Å². The number of likely N-dealkylation sites (tertiary alicyclic amines) is 1. The van der Waals surface area contributed by atoms with Gasteiger partial charge < -0.3 is 5.32 Å². The van der Waals surface area contributed by atoms with E-state index in [2.05, 4.69) is 66.2 Å². The molecule has 35 heavy (non-hydrogen) atoms. The molecular weight excluding hydrogens is 476 g/mol. The molecule has 0 spiro atoms. The first kappa shape index (κ1) is 22.3. The Morgan fingerprint density at radius 2 is 2.03 bits per heavy atom. The minimum absolute atomic E-state index is 0.291. The van der Waals surface area contributed by atoms with Crippen LogP contribution in [0.2, 0.25) is 0 Å². The minimum Gasteiger partial charge on any atom is -0.328 e. The lowest BCUT2D eigenvalue weighted by atomic mass is 10.2.